The topological polar surface area (TPSA) is 36.9 Å². The van der Waals surface area contributed by atoms with E-state index >= 15 is 0 Å². The minimum absolute atomic E-state index is 0.202. The van der Waals surface area contributed by atoms with Crippen molar-refractivity contribution in [3.05, 3.63) is 58.6 Å². The maximum Gasteiger partial charge on any atom is 0.147 e. The maximum atomic E-state index is 5.79. The van der Waals surface area contributed by atoms with E-state index in [4.69, 9.17) is 42.1 Å². The van der Waals surface area contributed by atoms with Crippen LogP contribution in [0.3, 0.4) is 0 Å². The molecule has 0 saturated heterocycles. The lowest BCUT2D eigenvalue weighted by Crippen LogP contribution is -2.12. The highest BCUT2D eigenvalue weighted by Crippen LogP contribution is 2.16. The van der Waals surface area contributed by atoms with Crippen LogP contribution < -0.4 is 9.47 Å². The molecule has 23 heavy (non-hydrogen) atoms. The smallest absolute Gasteiger partial charge is 0.147 e. The van der Waals surface area contributed by atoms with Crippen molar-refractivity contribution in [1.29, 1.82) is 0 Å². The third-order valence-electron chi connectivity index (χ3n) is 2.79. The zero-order valence-corrected chi connectivity index (χ0v) is 14.1. The van der Waals surface area contributed by atoms with E-state index in [0.717, 1.165) is 11.5 Å². The van der Waals surface area contributed by atoms with Gasteiger partial charge in [0.2, 0.25) is 0 Å². The Labute approximate surface area is 145 Å². The van der Waals surface area contributed by atoms with Gasteiger partial charge in [0, 0.05) is 10.0 Å². The molecule has 2 rings (SSSR count). The quantitative estimate of drug-likeness (QED) is 0.465. The average molecular weight is 357 g/mol. The molecule has 0 unspecified atom stereocenters. The Morgan fingerprint density at radius 1 is 0.565 bits per heavy atom. The molecule has 4 nitrogen and oxygen atoms in total. The van der Waals surface area contributed by atoms with Gasteiger partial charge < -0.3 is 18.9 Å². The fourth-order valence-electron chi connectivity index (χ4n) is 1.68. The molecular weight excluding hydrogens is 339 g/mol. The molecule has 0 atom stereocenters. The minimum Gasteiger partial charge on any atom is -0.491 e. The average Bonchev–Trinajstić information content (AvgIpc) is 2.56. The summed E-state index contributed by atoms with van der Waals surface area (Å²) >= 11 is 11.6. The number of rotatable bonds is 10. The van der Waals surface area contributed by atoms with Crippen molar-refractivity contribution >= 4 is 23.2 Å². The Hall–Kier alpha value is -1.46. The van der Waals surface area contributed by atoms with Crippen molar-refractivity contribution < 1.29 is 18.9 Å². The van der Waals surface area contributed by atoms with E-state index in [9.17, 15) is 0 Å². The van der Waals surface area contributed by atoms with E-state index in [-0.39, 0.29) is 6.79 Å². The van der Waals surface area contributed by atoms with Crippen molar-refractivity contribution in [2.45, 2.75) is 0 Å². The lowest BCUT2D eigenvalue weighted by molar-refractivity contribution is -0.0662. The second-order valence-electron chi connectivity index (χ2n) is 4.54. The van der Waals surface area contributed by atoms with Gasteiger partial charge in [-0.25, -0.2) is 0 Å². The Bertz CT molecular complexity index is 506. The summed E-state index contributed by atoms with van der Waals surface area (Å²) in [5.74, 6) is 1.52. The third-order valence-corrected chi connectivity index (χ3v) is 3.29. The Morgan fingerprint density at radius 2 is 0.957 bits per heavy atom. The molecule has 2 aromatic rings. The number of hydrogen-bond donors (Lipinski definition) is 0. The molecule has 0 N–H and O–H groups in total. The van der Waals surface area contributed by atoms with Gasteiger partial charge in [-0.2, -0.15) is 0 Å². The van der Waals surface area contributed by atoms with Crippen molar-refractivity contribution in [2.75, 3.05) is 33.2 Å². The Morgan fingerprint density at radius 3 is 1.35 bits per heavy atom. The largest absolute Gasteiger partial charge is 0.491 e. The Balaban J connectivity index is 1.43. The standard InChI is InChI=1S/C17H18Cl2O4/c18-14-1-5-16(6-2-14)22-11-9-20-13-21-10-12-23-17-7-3-15(19)4-8-17/h1-8H,9-13H2. The monoisotopic (exact) mass is 356 g/mol. The van der Waals surface area contributed by atoms with Crippen LogP contribution in [0.1, 0.15) is 0 Å². The lowest BCUT2D eigenvalue weighted by atomic mass is 10.3. The first-order chi connectivity index (χ1) is 11.2. The first kappa shape index (κ1) is 17.9. The number of halogens is 2. The molecule has 0 amide bonds. The van der Waals surface area contributed by atoms with E-state index in [0.29, 0.717) is 36.5 Å². The molecule has 0 bridgehead atoms. The molecule has 0 aromatic heterocycles. The number of ether oxygens (including phenoxy) is 4. The van der Waals surface area contributed by atoms with Crippen molar-refractivity contribution in [3.63, 3.8) is 0 Å². The zero-order chi connectivity index (χ0) is 16.3. The van der Waals surface area contributed by atoms with Gasteiger partial charge in [0.15, 0.2) is 0 Å². The van der Waals surface area contributed by atoms with Crippen LogP contribution in [-0.4, -0.2) is 33.2 Å². The second-order valence-corrected chi connectivity index (χ2v) is 5.41. The van der Waals surface area contributed by atoms with Gasteiger partial charge in [0.05, 0.1) is 13.2 Å². The highest BCUT2D eigenvalue weighted by molar-refractivity contribution is 6.30. The van der Waals surface area contributed by atoms with Gasteiger partial charge in [-0.05, 0) is 48.5 Å². The Kier molecular flexibility index (Phi) is 8.04. The summed E-state index contributed by atoms with van der Waals surface area (Å²) < 4.78 is 21.6. The fraction of sp³-hybridized carbons (Fsp3) is 0.294. The number of benzene rings is 2. The fourth-order valence-corrected chi connectivity index (χ4v) is 1.93. The van der Waals surface area contributed by atoms with Crippen molar-refractivity contribution in [3.8, 4) is 11.5 Å². The molecule has 0 aliphatic carbocycles. The first-order valence-electron chi connectivity index (χ1n) is 7.16. The van der Waals surface area contributed by atoms with E-state index in [2.05, 4.69) is 0 Å². The molecule has 0 saturated carbocycles. The third kappa shape index (κ3) is 7.57. The van der Waals surface area contributed by atoms with Crippen LogP contribution in [0.25, 0.3) is 0 Å². The van der Waals surface area contributed by atoms with Crippen molar-refractivity contribution in [2.24, 2.45) is 0 Å². The first-order valence-corrected chi connectivity index (χ1v) is 7.92. The van der Waals surface area contributed by atoms with Crippen LogP contribution >= 0.6 is 23.2 Å². The molecule has 0 aliphatic heterocycles. The molecule has 0 spiro atoms. The van der Waals surface area contributed by atoms with Crippen LogP contribution in [0, 0.1) is 0 Å². The summed E-state index contributed by atoms with van der Waals surface area (Å²) in [5, 5.41) is 1.37. The van der Waals surface area contributed by atoms with Gasteiger partial charge in [0.25, 0.3) is 0 Å². The van der Waals surface area contributed by atoms with Gasteiger partial charge in [0.1, 0.15) is 31.5 Å². The summed E-state index contributed by atoms with van der Waals surface area (Å²) in [6.45, 7) is 1.99. The van der Waals surface area contributed by atoms with Gasteiger partial charge >= 0.3 is 0 Å². The van der Waals surface area contributed by atoms with E-state index in [1.165, 1.54) is 0 Å². The molecule has 0 heterocycles. The molecule has 0 fully saturated rings. The summed E-state index contributed by atoms with van der Waals surface area (Å²) in [6.07, 6.45) is 0. The minimum atomic E-state index is 0.202. The maximum absolute atomic E-state index is 5.79. The van der Waals surface area contributed by atoms with Crippen LogP contribution in [0.2, 0.25) is 10.0 Å². The number of hydrogen-bond acceptors (Lipinski definition) is 4. The molecule has 6 heteroatoms. The summed E-state index contributed by atoms with van der Waals surface area (Å²) in [4.78, 5) is 0. The van der Waals surface area contributed by atoms with E-state index < -0.39 is 0 Å². The molecular formula is C17H18Cl2O4. The summed E-state index contributed by atoms with van der Waals surface area (Å²) in [6, 6.07) is 14.4. The predicted octanol–water partition coefficient (Wildman–Crippen LogP) is 4.44. The highest BCUT2D eigenvalue weighted by Gasteiger charge is 1.96. The van der Waals surface area contributed by atoms with Gasteiger partial charge in [-0.15, -0.1) is 0 Å². The SMILES string of the molecule is Clc1ccc(OCCOCOCCOc2ccc(Cl)cc2)cc1. The van der Waals surface area contributed by atoms with Crippen LogP contribution in [0.4, 0.5) is 0 Å². The van der Waals surface area contributed by atoms with Crippen molar-refractivity contribution in [1.82, 2.24) is 0 Å². The molecule has 124 valence electrons. The summed E-state index contributed by atoms with van der Waals surface area (Å²) in [5.41, 5.74) is 0. The normalized spacial score (nSPS) is 10.5. The molecule has 2 aromatic carbocycles. The van der Waals surface area contributed by atoms with E-state index in [1.54, 1.807) is 24.3 Å². The van der Waals surface area contributed by atoms with Gasteiger partial charge in [-0.3, -0.25) is 0 Å². The lowest BCUT2D eigenvalue weighted by Gasteiger charge is -2.09. The van der Waals surface area contributed by atoms with Crippen LogP contribution in [-0.2, 0) is 9.47 Å². The van der Waals surface area contributed by atoms with Crippen LogP contribution in [0.15, 0.2) is 48.5 Å². The van der Waals surface area contributed by atoms with Gasteiger partial charge in [-0.1, -0.05) is 23.2 Å². The predicted molar refractivity (Wildman–Crippen MR) is 90.7 cm³/mol. The highest BCUT2D eigenvalue weighted by atomic mass is 35.5. The second kappa shape index (κ2) is 10.3. The van der Waals surface area contributed by atoms with Crippen LogP contribution in [0.5, 0.6) is 11.5 Å². The zero-order valence-electron chi connectivity index (χ0n) is 12.5. The summed E-state index contributed by atoms with van der Waals surface area (Å²) in [7, 11) is 0. The molecule has 0 radical (unpaired) electrons. The molecule has 0 aliphatic rings. The van der Waals surface area contributed by atoms with E-state index in [1.807, 2.05) is 24.3 Å².